The molecule has 0 spiro atoms. The molecule has 1 aromatic carbocycles. The summed E-state index contributed by atoms with van der Waals surface area (Å²) in [6, 6.07) is 9.66. The summed E-state index contributed by atoms with van der Waals surface area (Å²) < 4.78 is 5.04. The second-order valence-electron chi connectivity index (χ2n) is 3.72. The Labute approximate surface area is 93.9 Å². The van der Waals surface area contributed by atoms with Gasteiger partial charge in [0.05, 0.1) is 0 Å². The summed E-state index contributed by atoms with van der Waals surface area (Å²) in [5.74, 6) is -0.314. The quantitative estimate of drug-likeness (QED) is 0.729. The van der Waals surface area contributed by atoms with Gasteiger partial charge in [-0.2, -0.15) is 0 Å². The van der Waals surface area contributed by atoms with Crippen LogP contribution in [0.1, 0.15) is 18.9 Å². The van der Waals surface area contributed by atoms with Gasteiger partial charge >= 0.3 is 5.97 Å². The van der Waals surface area contributed by atoms with Crippen LogP contribution in [0.5, 0.6) is 0 Å². The Hall–Kier alpha value is -1.84. The molecule has 4 heteroatoms. The van der Waals surface area contributed by atoms with Crippen LogP contribution in [0.3, 0.4) is 0 Å². The first-order valence-electron chi connectivity index (χ1n) is 5.12. The number of ether oxygens (including phenoxy) is 1. The maximum absolute atomic E-state index is 10.9. The number of hydrogen-bond acceptors (Lipinski definition) is 4. The topological polar surface area (TPSA) is 47.9 Å². The standard InChI is InChI=1S/C12H13NO3/c1-10(14)15-9-12(7-8-13-16-12)11-5-3-2-4-6-11/h2-6,8H,7,9H2,1H3. The molecule has 1 unspecified atom stereocenters. The van der Waals surface area contributed by atoms with Crippen molar-refractivity contribution in [1.82, 2.24) is 0 Å². The number of rotatable bonds is 3. The van der Waals surface area contributed by atoms with Gasteiger partial charge in [-0.1, -0.05) is 35.5 Å². The van der Waals surface area contributed by atoms with Crippen molar-refractivity contribution in [2.75, 3.05) is 6.61 Å². The highest BCUT2D eigenvalue weighted by Gasteiger charge is 2.38. The SMILES string of the molecule is CC(=O)OCC1(c2ccccc2)CC=NO1. The van der Waals surface area contributed by atoms with Gasteiger partial charge in [0.15, 0.2) is 0 Å². The molecule has 84 valence electrons. The predicted molar refractivity (Wildman–Crippen MR) is 58.9 cm³/mol. The van der Waals surface area contributed by atoms with E-state index in [1.54, 1.807) is 6.21 Å². The average Bonchev–Trinajstić information content (AvgIpc) is 2.78. The molecule has 1 atom stereocenters. The second-order valence-corrected chi connectivity index (χ2v) is 3.72. The van der Waals surface area contributed by atoms with Crippen LogP contribution >= 0.6 is 0 Å². The van der Waals surface area contributed by atoms with E-state index >= 15 is 0 Å². The highest BCUT2D eigenvalue weighted by molar-refractivity contribution is 5.66. The summed E-state index contributed by atoms with van der Waals surface area (Å²) in [6.07, 6.45) is 2.31. The van der Waals surface area contributed by atoms with E-state index in [-0.39, 0.29) is 12.6 Å². The Kier molecular flexibility index (Phi) is 2.90. The Balaban J connectivity index is 2.19. The van der Waals surface area contributed by atoms with Crippen LogP contribution in [0.25, 0.3) is 0 Å². The molecule has 0 aromatic heterocycles. The summed E-state index contributed by atoms with van der Waals surface area (Å²) in [6.45, 7) is 1.57. The normalized spacial score (nSPS) is 22.8. The zero-order chi connectivity index (χ0) is 11.4. The number of carbonyl (C=O) groups is 1. The van der Waals surface area contributed by atoms with Gasteiger partial charge in [0, 0.05) is 25.1 Å². The molecular weight excluding hydrogens is 206 g/mol. The first-order chi connectivity index (χ1) is 7.73. The number of oxime groups is 1. The Morgan fingerprint density at radius 1 is 1.50 bits per heavy atom. The molecule has 1 aromatic rings. The summed E-state index contributed by atoms with van der Waals surface area (Å²) >= 11 is 0. The predicted octanol–water partition coefficient (Wildman–Crippen LogP) is 1.85. The third kappa shape index (κ3) is 2.05. The largest absolute Gasteiger partial charge is 0.461 e. The van der Waals surface area contributed by atoms with Crippen LogP contribution in [0, 0.1) is 0 Å². The van der Waals surface area contributed by atoms with Crippen LogP contribution in [-0.4, -0.2) is 18.8 Å². The summed E-state index contributed by atoms with van der Waals surface area (Å²) in [4.78, 5) is 16.2. The fourth-order valence-electron chi connectivity index (χ4n) is 1.66. The smallest absolute Gasteiger partial charge is 0.302 e. The first kappa shape index (κ1) is 10.7. The Morgan fingerprint density at radius 2 is 2.25 bits per heavy atom. The van der Waals surface area contributed by atoms with Crippen LogP contribution in [-0.2, 0) is 20.0 Å². The molecule has 4 nitrogen and oxygen atoms in total. The number of nitrogens with zero attached hydrogens (tertiary/aromatic N) is 1. The van der Waals surface area contributed by atoms with Crippen molar-refractivity contribution < 1.29 is 14.4 Å². The van der Waals surface area contributed by atoms with E-state index in [1.165, 1.54) is 6.92 Å². The van der Waals surface area contributed by atoms with Crippen molar-refractivity contribution in [2.24, 2.45) is 5.16 Å². The fourth-order valence-corrected chi connectivity index (χ4v) is 1.66. The molecule has 0 amide bonds. The van der Waals surface area contributed by atoms with Crippen molar-refractivity contribution in [1.29, 1.82) is 0 Å². The lowest BCUT2D eigenvalue weighted by Crippen LogP contribution is -2.32. The van der Waals surface area contributed by atoms with Gasteiger partial charge in [0.25, 0.3) is 0 Å². The van der Waals surface area contributed by atoms with Gasteiger partial charge in [0.1, 0.15) is 6.61 Å². The van der Waals surface area contributed by atoms with E-state index in [4.69, 9.17) is 9.57 Å². The van der Waals surface area contributed by atoms with Gasteiger partial charge in [0.2, 0.25) is 5.60 Å². The van der Waals surface area contributed by atoms with Crippen molar-refractivity contribution in [3.8, 4) is 0 Å². The highest BCUT2D eigenvalue weighted by atomic mass is 16.7. The van der Waals surface area contributed by atoms with Gasteiger partial charge in [-0.3, -0.25) is 4.79 Å². The molecule has 0 aliphatic carbocycles. The second kappa shape index (κ2) is 4.35. The molecule has 1 aliphatic rings. The molecule has 1 aliphatic heterocycles. The van der Waals surface area contributed by atoms with E-state index in [2.05, 4.69) is 5.16 Å². The molecule has 1 heterocycles. The van der Waals surface area contributed by atoms with Crippen molar-refractivity contribution in [2.45, 2.75) is 18.9 Å². The van der Waals surface area contributed by atoms with Crippen LogP contribution < -0.4 is 0 Å². The van der Waals surface area contributed by atoms with E-state index < -0.39 is 5.60 Å². The average molecular weight is 219 g/mol. The Morgan fingerprint density at radius 3 is 2.81 bits per heavy atom. The van der Waals surface area contributed by atoms with E-state index in [0.717, 1.165) is 5.56 Å². The van der Waals surface area contributed by atoms with E-state index in [1.807, 2.05) is 30.3 Å². The summed E-state index contributed by atoms with van der Waals surface area (Å²) in [5, 5.41) is 3.77. The van der Waals surface area contributed by atoms with Gasteiger partial charge in [-0.05, 0) is 0 Å². The van der Waals surface area contributed by atoms with Gasteiger partial charge in [-0.25, -0.2) is 0 Å². The molecule has 0 N–H and O–H groups in total. The monoisotopic (exact) mass is 219 g/mol. The van der Waals surface area contributed by atoms with E-state index in [9.17, 15) is 4.79 Å². The number of benzene rings is 1. The molecule has 0 saturated carbocycles. The fraction of sp³-hybridized carbons (Fsp3) is 0.333. The van der Waals surface area contributed by atoms with Gasteiger partial charge < -0.3 is 9.57 Å². The van der Waals surface area contributed by atoms with Crippen molar-refractivity contribution in [3.63, 3.8) is 0 Å². The minimum atomic E-state index is -0.646. The molecular formula is C12H13NO3. The molecule has 0 fully saturated rings. The third-order valence-electron chi connectivity index (χ3n) is 2.53. The van der Waals surface area contributed by atoms with Gasteiger partial charge in [-0.15, -0.1) is 0 Å². The molecule has 0 saturated heterocycles. The number of esters is 1. The van der Waals surface area contributed by atoms with Crippen LogP contribution in [0.4, 0.5) is 0 Å². The summed E-state index contributed by atoms with van der Waals surface area (Å²) in [7, 11) is 0. The minimum Gasteiger partial charge on any atom is -0.461 e. The molecule has 0 radical (unpaired) electrons. The summed E-state index contributed by atoms with van der Waals surface area (Å²) in [5.41, 5.74) is 0.321. The lowest BCUT2D eigenvalue weighted by molar-refractivity contribution is -0.152. The number of hydrogen-bond donors (Lipinski definition) is 0. The Bertz CT molecular complexity index is 392. The molecule has 0 bridgehead atoms. The first-order valence-corrected chi connectivity index (χ1v) is 5.12. The zero-order valence-electron chi connectivity index (χ0n) is 9.05. The highest BCUT2D eigenvalue weighted by Crippen LogP contribution is 2.32. The maximum atomic E-state index is 10.9. The van der Waals surface area contributed by atoms with Crippen LogP contribution in [0.15, 0.2) is 35.5 Å². The maximum Gasteiger partial charge on any atom is 0.302 e. The van der Waals surface area contributed by atoms with E-state index in [0.29, 0.717) is 6.42 Å². The molecule has 16 heavy (non-hydrogen) atoms. The third-order valence-corrected chi connectivity index (χ3v) is 2.53. The minimum absolute atomic E-state index is 0.187. The molecule has 2 rings (SSSR count). The lowest BCUT2D eigenvalue weighted by atomic mass is 9.92. The number of carbonyl (C=O) groups excluding carboxylic acids is 1. The van der Waals surface area contributed by atoms with Crippen molar-refractivity contribution >= 4 is 12.2 Å². The zero-order valence-corrected chi connectivity index (χ0v) is 9.05. The van der Waals surface area contributed by atoms with Crippen LogP contribution in [0.2, 0.25) is 0 Å². The lowest BCUT2D eigenvalue weighted by Gasteiger charge is -2.26. The van der Waals surface area contributed by atoms with Crippen molar-refractivity contribution in [3.05, 3.63) is 35.9 Å².